The molecule has 2 N–H and O–H groups in total. The third kappa shape index (κ3) is 4.89. The third-order valence-corrected chi connectivity index (χ3v) is 3.62. The van der Waals surface area contributed by atoms with Gasteiger partial charge in [-0.25, -0.2) is 0 Å². The molecule has 0 aliphatic heterocycles. The van der Waals surface area contributed by atoms with Crippen molar-refractivity contribution >= 4 is 5.69 Å². The normalized spacial score (nSPS) is 10.5. The summed E-state index contributed by atoms with van der Waals surface area (Å²) in [5.74, 6) is 1.81. The maximum atomic E-state index is 5.94. The minimum Gasteiger partial charge on any atom is -0.487 e. The van der Waals surface area contributed by atoms with Crippen molar-refractivity contribution in [1.82, 2.24) is 5.32 Å². The molecule has 0 bridgehead atoms. The molecule has 4 heteroatoms. The van der Waals surface area contributed by atoms with Crippen LogP contribution < -0.4 is 15.4 Å². The zero-order valence-electron chi connectivity index (χ0n) is 13.6. The first-order chi connectivity index (χ1) is 11.9. The second-order valence-electron chi connectivity index (χ2n) is 5.45. The van der Waals surface area contributed by atoms with E-state index in [0.29, 0.717) is 6.61 Å². The molecule has 4 nitrogen and oxygen atoms in total. The van der Waals surface area contributed by atoms with Crippen LogP contribution in [0.5, 0.6) is 5.75 Å². The molecule has 1 heterocycles. The lowest BCUT2D eigenvalue weighted by Crippen LogP contribution is -2.21. The van der Waals surface area contributed by atoms with Crippen LogP contribution in [0.25, 0.3) is 0 Å². The second-order valence-corrected chi connectivity index (χ2v) is 5.45. The summed E-state index contributed by atoms with van der Waals surface area (Å²) in [6, 6.07) is 22.1. The van der Waals surface area contributed by atoms with E-state index in [-0.39, 0.29) is 0 Å². The van der Waals surface area contributed by atoms with E-state index >= 15 is 0 Å². The number of rotatable bonds is 9. The Labute approximate surface area is 142 Å². The molecule has 3 rings (SSSR count). The average Bonchev–Trinajstić information content (AvgIpc) is 3.15. The van der Waals surface area contributed by atoms with Crippen LogP contribution in [-0.2, 0) is 13.2 Å². The van der Waals surface area contributed by atoms with Gasteiger partial charge in [0.25, 0.3) is 0 Å². The van der Waals surface area contributed by atoms with Gasteiger partial charge in [0.15, 0.2) is 0 Å². The molecule has 0 saturated carbocycles. The summed E-state index contributed by atoms with van der Waals surface area (Å²) in [5.41, 5.74) is 2.17. The Morgan fingerprint density at radius 1 is 0.833 bits per heavy atom. The van der Waals surface area contributed by atoms with Gasteiger partial charge >= 0.3 is 0 Å². The van der Waals surface area contributed by atoms with Crippen LogP contribution in [-0.4, -0.2) is 13.1 Å². The van der Waals surface area contributed by atoms with Crippen molar-refractivity contribution in [3.63, 3.8) is 0 Å². The quantitative estimate of drug-likeness (QED) is 0.583. The van der Waals surface area contributed by atoms with Gasteiger partial charge in [0.05, 0.1) is 18.5 Å². The van der Waals surface area contributed by atoms with Crippen molar-refractivity contribution < 1.29 is 9.15 Å². The number of nitrogens with one attached hydrogen (secondary N) is 2. The molecule has 1 aromatic heterocycles. The zero-order chi connectivity index (χ0) is 16.5. The van der Waals surface area contributed by atoms with Crippen LogP contribution in [0.4, 0.5) is 5.69 Å². The van der Waals surface area contributed by atoms with Gasteiger partial charge in [0, 0.05) is 13.1 Å². The van der Waals surface area contributed by atoms with Crippen LogP contribution in [0.1, 0.15) is 11.3 Å². The molecule has 124 valence electrons. The summed E-state index contributed by atoms with van der Waals surface area (Å²) in [6.07, 6.45) is 1.69. The molecule has 0 amide bonds. The van der Waals surface area contributed by atoms with Gasteiger partial charge in [0.2, 0.25) is 0 Å². The fraction of sp³-hybridized carbons (Fsp3) is 0.200. The number of benzene rings is 2. The van der Waals surface area contributed by atoms with Crippen molar-refractivity contribution in [2.45, 2.75) is 13.2 Å². The molecule has 0 atom stereocenters. The summed E-state index contributed by atoms with van der Waals surface area (Å²) in [5, 5.41) is 6.75. The molecule has 0 fully saturated rings. The van der Waals surface area contributed by atoms with Gasteiger partial charge in [0.1, 0.15) is 18.1 Å². The minimum absolute atomic E-state index is 0.566. The maximum Gasteiger partial charge on any atom is 0.142 e. The SMILES string of the molecule is c1ccc(COc2ccccc2NCCNCc2ccco2)cc1. The van der Waals surface area contributed by atoms with Gasteiger partial charge < -0.3 is 19.8 Å². The summed E-state index contributed by atoms with van der Waals surface area (Å²) in [7, 11) is 0. The van der Waals surface area contributed by atoms with Crippen LogP contribution >= 0.6 is 0 Å². The second kappa shape index (κ2) is 8.79. The van der Waals surface area contributed by atoms with E-state index in [2.05, 4.69) is 22.8 Å². The van der Waals surface area contributed by atoms with E-state index in [1.165, 1.54) is 0 Å². The highest BCUT2D eigenvalue weighted by Crippen LogP contribution is 2.24. The average molecular weight is 322 g/mol. The molecule has 3 aromatic rings. The smallest absolute Gasteiger partial charge is 0.142 e. The zero-order valence-corrected chi connectivity index (χ0v) is 13.6. The molecule has 0 aliphatic rings. The van der Waals surface area contributed by atoms with E-state index in [1.54, 1.807) is 6.26 Å². The van der Waals surface area contributed by atoms with E-state index in [0.717, 1.165) is 42.4 Å². The van der Waals surface area contributed by atoms with Gasteiger partial charge in [-0.15, -0.1) is 0 Å². The molecule has 0 saturated heterocycles. The summed E-state index contributed by atoms with van der Waals surface area (Å²) >= 11 is 0. The number of ether oxygens (including phenoxy) is 1. The summed E-state index contributed by atoms with van der Waals surface area (Å²) in [6.45, 7) is 2.96. The minimum atomic E-state index is 0.566. The Bertz CT molecular complexity index is 712. The molecule has 2 aromatic carbocycles. The Balaban J connectivity index is 1.45. The summed E-state index contributed by atoms with van der Waals surface area (Å²) in [4.78, 5) is 0. The highest BCUT2D eigenvalue weighted by atomic mass is 16.5. The number of furan rings is 1. The fourth-order valence-electron chi connectivity index (χ4n) is 2.38. The first-order valence-electron chi connectivity index (χ1n) is 8.14. The van der Waals surface area contributed by atoms with Crippen molar-refractivity contribution in [2.75, 3.05) is 18.4 Å². The summed E-state index contributed by atoms with van der Waals surface area (Å²) < 4.78 is 11.2. The van der Waals surface area contributed by atoms with Crippen LogP contribution in [0.3, 0.4) is 0 Å². The first kappa shape index (κ1) is 16.1. The predicted molar refractivity (Wildman–Crippen MR) is 96.1 cm³/mol. The molecule has 0 radical (unpaired) electrons. The maximum absolute atomic E-state index is 5.94. The molecule has 0 unspecified atom stereocenters. The lowest BCUT2D eigenvalue weighted by Gasteiger charge is -2.13. The number of hydrogen-bond acceptors (Lipinski definition) is 4. The van der Waals surface area contributed by atoms with Gasteiger partial charge in [-0.2, -0.15) is 0 Å². The predicted octanol–water partition coefficient (Wildman–Crippen LogP) is 4.06. The molecule has 0 spiro atoms. The molecule has 24 heavy (non-hydrogen) atoms. The topological polar surface area (TPSA) is 46.4 Å². The van der Waals surface area contributed by atoms with Crippen molar-refractivity contribution in [1.29, 1.82) is 0 Å². The van der Waals surface area contributed by atoms with Gasteiger partial charge in [-0.3, -0.25) is 0 Å². The lowest BCUT2D eigenvalue weighted by atomic mass is 10.2. The Morgan fingerprint density at radius 2 is 1.67 bits per heavy atom. The van der Waals surface area contributed by atoms with Gasteiger partial charge in [-0.1, -0.05) is 42.5 Å². The third-order valence-electron chi connectivity index (χ3n) is 3.62. The lowest BCUT2D eigenvalue weighted by molar-refractivity contribution is 0.307. The van der Waals surface area contributed by atoms with Crippen LogP contribution in [0.2, 0.25) is 0 Å². The number of anilines is 1. The number of hydrogen-bond donors (Lipinski definition) is 2. The Morgan fingerprint density at radius 3 is 2.50 bits per heavy atom. The Kier molecular flexibility index (Phi) is 5.92. The van der Waals surface area contributed by atoms with Crippen LogP contribution in [0.15, 0.2) is 77.4 Å². The van der Waals surface area contributed by atoms with Crippen molar-refractivity contribution in [3.8, 4) is 5.75 Å². The van der Waals surface area contributed by atoms with E-state index in [9.17, 15) is 0 Å². The Hall–Kier alpha value is -2.72. The standard InChI is InChI=1S/C20H22N2O2/c1-2-7-17(8-3-1)16-24-20-11-5-4-10-19(20)22-13-12-21-15-18-9-6-14-23-18/h1-11,14,21-22H,12-13,15-16H2. The van der Waals surface area contributed by atoms with Crippen molar-refractivity contribution in [3.05, 3.63) is 84.3 Å². The highest BCUT2D eigenvalue weighted by molar-refractivity contribution is 5.56. The van der Waals surface area contributed by atoms with Gasteiger partial charge in [-0.05, 0) is 29.8 Å². The van der Waals surface area contributed by atoms with Crippen molar-refractivity contribution in [2.24, 2.45) is 0 Å². The van der Waals surface area contributed by atoms with Crippen LogP contribution in [0, 0.1) is 0 Å². The fourth-order valence-corrected chi connectivity index (χ4v) is 2.38. The van der Waals surface area contributed by atoms with E-state index < -0.39 is 0 Å². The number of para-hydroxylation sites is 2. The largest absolute Gasteiger partial charge is 0.487 e. The monoisotopic (exact) mass is 322 g/mol. The van der Waals surface area contributed by atoms with E-state index in [1.807, 2.05) is 54.6 Å². The molecular formula is C20H22N2O2. The van der Waals surface area contributed by atoms with E-state index in [4.69, 9.17) is 9.15 Å². The first-order valence-corrected chi connectivity index (χ1v) is 8.14. The molecular weight excluding hydrogens is 300 g/mol. The molecule has 0 aliphatic carbocycles. The highest BCUT2D eigenvalue weighted by Gasteiger charge is 2.03.